The van der Waals surface area contributed by atoms with E-state index in [9.17, 15) is 4.39 Å². The van der Waals surface area contributed by atoms with Crippen LogP contribution in [0, 0.1) is 17.1 Å². The van der Waals surface area contributed by atoms with Crippen LogP contribution in [0.25, 0.3) is 5.57 Å². The molecule has 0 bridgehead atoms. The van der Waals surface area contributed by atoms with Crippen LogP contribution in [0.5, 0.6) is 0 Å². The molecular weight excluding hydrogens is 245 g/mol. The van der Waals surface area contributed by atoms with E-state index in [4.69, 9.17) is 9.68 Å². The zero-order valence-corrected chi connectivity index (χ0v) is 10.4. The van der Waals surface area contributed by atoms with Crippen molar-refractivity contribution in [1.82, 2.24) is 4.98 Å². The van der Waals surface area contributed by atoms with Crippen LogP contribution in [-0.4, -0.2) is 4.98 Å². The second kappa shape index (κ2) is 5.36. The van der Waals surface area contributed by atoms with Crippen LogP contribution >= 0.6 is 0 Å². The number of anilines is 1. The van der Waals surface area contributed by atoms with Crippen LogP contribution in [0.2, 0.25) is 0 Å². The Morgan fingerprint density at radius 1 is 1.47 bits per heavy atom. The van der Waals surface area contributed by atoms with Gasteiger partial charge in [0.05, 0.1) is 0 Å². The maximum atomic E-state index is 12.8. The number of hydrogen-bond acceptors (Lipinski definition) is 4. The van der Waals surface area contributed by atoms with Gasteiger partial charge in [0.1, 0.15) is 11.9 Å². The van der Waals surface area contributed by atoms with Crippen molar-refractivity contribution < 1.29 is 8.81 Å². The smallest absolute Gasteiger partial charge is 0.232 e. The van der Waals surface area contributed by atoms with Crippen LogP contribution < -0.4 is 5.32 Å². The molecule has 0 unspecified atom stereocenters. The molecule has 0 amide bonds. The molecular formula is C14H12FN3O. The second-order valence-electron chi connectivity index (χ2n) is 4.07. The fourth-order valence-corrected chi connectivity index (χ4v) is 1.48. The zero-order valence-electron chi connectivity index (χ0n) is 10.4. The molecule has 0 atom stereocenters. The molecule has 0 fully saturated rings. The van der Waals surface area contributed by atoms with Gasteiger partial charge in [-0.1, -0.05) is 18.7 Å². The largest absolute Gasteiger partial charge is 0.420 e. The quantitative estimate of drug-likeness (QED) is 0.912. The van der Waals surface area contributed by atoms with Gasteiger partial charge in [0.25, 0.3) is 0 Å². The van der Waals surface area contributed by atoms with Crippen molar-refractivity contribution in [1.29, 1.82) is 5.26 Å². The van der Waals surface area contributed by atoms with E-state index in [0.717, 1.165) is 5.56 Å². The van der Waals surface area contributed by atoms with E-state index in [0.29, 0.717) is 23.9 Å². The third kappa shape index (κ3) is 2.99. The van der Waals surface area contributed by atoms with Crippen molar-refractivity contribution in [3.05, 3.63) is 53.8 Å². The standard InChI is InChI=1S/C14H12FN3O/c1-9(2)13-18-12(7-16)14(19-13)17-8-10-3-5-11(15)6-4-10/h3-6,17H,1,8H2,2H3. The van der Waals surface area contributed by atoms with Gasteiger partial charge in [0, 0.05) is 12.1 Å². The molecule has 0 radical (unpaired) electrons. The molecule has 2 aromatic rings. The van der Waals surface area contributed by atoms with E-state index in [1.165, 1.54) is 12.1 Å². The Morgan fingerprint density at radius 3 is 2.74 bits per heavy atom. The molecule has 1 heterocycles. The van der Waals surface area contributed by atoms with Crippen molar-refractivity contribution >= 4 is 11.5 Å². The molecule has 5 heteroatoms. The number of oxazole rings is 1. The van der Waals surface area contributed by atoms with Crippen molar-refractivity contribution in [3.8, 4) is 6.07 Å². The SMILES string of the molecule is C=C(C)c1nc(C#N)c(NCc2ccc(F)cc2)o1. The lowest BCUT2D eigenvalue weighted by Crippen LogP contribution is -1.99. The fourth-order valence-electron chi connectivity index (χ4n) is 1.48. The Kier molecular flexibility index (Phi) is 3.62. The Hall–Kier alpha value is -2.61. The third-order valence-corrected chi connectivity index (χ3v) is 2.46. The Balaban J connectivity index is 2.13. The maximum Gasteiger partial charge on any atom is 0.232 e. The van der Waals surface area contributed by atoms with E-state index in [-0.39, 0.29) is 11.5 Å². The highest BCUT2D eigenvalue weighted by molar-refractivity contribution is 5.57. The Bertz CT molecular complexity index is 638. The summed E-state index contributed by atoms with van der Waals surface area (Å²) < 4.78 is 18.2. The van der Waals surface area contributed by atoms with E-state index in [2.05, 4.69) is 16.9 Å². The van der Waals surface area contributed by atoms with Crippen molar-refractivity contribution in [3.63, 3.8) is 0 Å². The van der Waals surface area contributed by atoms with Gasteiger partial charge < -0.3 is 9.73 Å². The highest BCUT2D eigenvalue weighted by Gasteiger charge is 2.12. The monoisotopic (exact) mass is 257 g/mol. The number of aromatic nitrogens is 1. The fraction of sp³-hybridized carbons (Fsp3) is 0.143. The molecule has 96 valence electrons. The summed E-state index contributed by atoms with van der Waals surface area (Å²) >= 11 is 0. The molecule has 1 aromatic heterocycles. The van der Waals surface area contributed by atoms with Crippen LogP contribution in [0.3, 0.4) is 0 Å². The Morgan fingerprint density at radius 2 is 2.16 bits per heavy atom. The maximum absolute atomic E-state index is 12.8. The summed E-state index contributed by atoms with van der Waals surface area (Å²) in [6.07, 6.45) is 0. The average Bonchev–Trinajstić information content (AvgIpc) is 2.81. The molecule has 1 N–H and O–H groups in total. The van der Waals surface area contributed by atoms with Crippen LogP contribution in [0.4, 0.5) is 10.3 Å². The number of nitriles is 1. The molecule has 0 saturated heterocycles. The van der Waals surface area contributed by atoms with Gasteiger partial charge in [-0.05, 0) is 24.6 Å². The molecule has 1 aromatic carbocycles. The zero-order chi connectivity index (χ0) is 13.8. The molecule has 4 nitrogen and oxygen atoms in total. The van der Waals surface area contributed by atoms with Gasteiger partial charge in [0.2, 0.25) is 17.5 Å². The minimum absolute atomic E-state index is 0.181. The molecule has 19 heavy (non-hydrogen) atoms. The predicted octanol–water partition coefficient (Wildman–Crippen LogP) is 3.33. The number of allylic oxidation sites excluding steroid dienone is 1. The number of rotatable bonds is 4. The first-order valence-electron chi connectivity index (χ1n) is 5.65. The second-order valence-corrected chi connectivity index (χ2v) is 4.07. The normalized spacial score (nSPS) is 9.95. The molecule has 2 rings (SSSR count). The van der Waals surface area contributed by atoms with Crippen LogP contribution in [-0.2, 0) is 6.54 Å². The highest BCUT2D eigenvalue weighted by atomic mass is 19.1. The third-order valence-electron chi connectivity index (χ3n) is 2.46. The van der Waals surface area contributed by atoms with Gasteiger partial charge in [-0.2, -0.15) is 10.2 Å². The van der Waals surface area contributed by atoms with Crippen molar-refractivity contribution in [2.75, 3.05) is 5.32 Å². The number of hydrogen-bond donors (Lipinski definition) is 1. The summed E-state index contributed by atoms with van der Waals surface area (Å²) in [5.41, 5.74) is 1.70. The van der Waals surface area contributed by atoms with Crippen LogP contribution in [0.15, 0.2) is 35.3 Å². The molecule has 0 saturated carbocycles. The number of nitrogens with zero attached hydrogens (tertiary/aromatic N) is 2. The van der Waals surface area contributed by atoms with Crippen molar-refractivity contribution in [2.45, 2.75) is 13.5 Å². The van der Waals surface area contributed by atoms with Gasteiger partial charge in [-0.25, -0.2) is 4.39 Å². The van der Waals surface area contributed by atoms with Crippen molar-refractivity contribution in [2.24, 2.45) is 0 Å². The predicted molar refractivity (Wildman–Crippen MR) is 69.7 cm³/mol. The van der Waals surface area contributed by atoms with Gasteiger partial charge in [-0.3, -0.25) is 0 Å². The first-order chi connectivity index (χ1) is 9.10. The van der Waals surface area contributed by atoms with Gasteiger partial charge >= 0.3 is 0 Å². The molecule has 0 aliphatic heterocycles. The molecule has 0 aliphatic rings. The van der Waals surface area contributed by atoms with Gasteiger partial charge in [-0.15, -0.1) is 0 Å². The Labute approximate surface area is 110 Å². The summed E-state index contributed by atoms with van der Waals surface area (Å²) in [7, 11) is 0. The number of halogens is 1. The first kappa shape index (κ1) is 12.8. The summed E-state index contributed by atoms with van der Waals surface area (Å²) in [5, 5.41) is 11.9. The molecule has 0 aliphatic carbocycles. The number of benzene rings is 1. The van der Waals surface area contributed by atoms with E-state index >= 15 is 0 Å². The van der Waals surface area contributed by atoms with E-state index < -0.39 is 0 Å². The highest BCUT2D eigenvalue weighted by Crippen LogP contribution is 2.21. The lowest BCUT2D eigenvalue weighted by Gasteiger charge is -2.02. The minimum Gasteiger partial charge on any atom is -0.420 e. The lowest BCUT2D eigenvalue weighted by atomic mass is 10.2. The first-order valence-corrected chi connectivity index (χ1v) is 5.65. The van der Waals surface area contributed by atoms with E-state index in [1.807, 2.05) is 6.07 Å². The summed E-state index contributed by atoms with van der Waals surface area (Å²) in [6.45, 7) is 5.87. The summed E-state index contributed by atoms with van der Waals surface area (Å²) in [6, 6.07) is 8.02. The van der Waals surface area contributed by atoms with Gasteiger partial charge in [0.15, 0.2) is 0 Å². The lowest BCUT2D eigenvalue weighted by molar-refractivity contribution is 0.553. The average molecular weight is 257 g/mol. The topological polar surface area (TPSA) is 61.9 Å². The minimum atomic E-state index is -0.286. The summed E-state index contributed by atoms with van der Waals surface area (Å²) in [4.78, 5) is 4.00. The number of nitrogens with one attached hydrogen (secondary N) is 1. The van der Waals surface area contributed by atoms with E-state index in [1.54, 1.807) is 19.1 Å². The summed E-state index contributed by atoms with van der Waals surface area (Å²) in [5.74, 6) is 0.341. The molecule has 0 spiro atoms. The van der Waals surface area contributed by atoms with Crippen LogP contribution in [0.1, 0.15) is 24.1 Å².